The van der Waals surface area contributed by atoms with Gasteiger partial charge in [0.25, 0.3) is 0 Å². The molecule has 5 heteroatoms. The molecule has 21 heavy (non-hydrogen) atoms. The molecule has 2 aromatic carbocycles. The number of rotatable bonds is 2. The Balaban J connectivity index is 1.96. The molecule has 108 valence electrons. The van der Waals surface area contributed by atoms with E-state index in [4.69, 9.17) is 9.47 Å². The minimum Gasteiger partial charge on any atom is -0.508 e. The van der Waals surface area contributed by atoms with Crippen molar-refractivity contribution in [2.45, 2.75) is 12.5 Å². The van der Waals surface area contributed by atoms with Crippen LogP contribution >= 0.6 is 0 Å². The largest absolute Gasteiger partial charge is 0.508 e. The van der Waals surface area contributed by atoms with E-state index in [9.17, 15) is 14.3 Å². The quantitative estimate of drug-likeness (QED) is 0.921. The Hall–Kier alpha value is -2.56. The zero-order chi connectivity index (χ0) is 15.0. The number of hydrogen-bond donors (Lipinski definition) is 1. The average Bonchev–Trinajstić information content (AvgIpc) is 2.46. The van der Waals surface area contributed by atoms with Crippen LogP contribution < -0.4 is 9.47 Å². The van der Waals surface area contributed by atoms with Crippen molar-refractivity contribution < 1.29 is 23.8 Å². The van der Waals surface area contributed by atoms with Crippen molar-refractivity contribution >= 4 is 5.78 Å². The molecule has 0 saturated heterocycles. The molecule has 0 aliphatic carbocycles. The highest BCUT2D eigenvalue weighted by Gasteiger charge is 2.28. The molecule has 3 rings (SSSR count). The number of carbonyl (C=O) groups excluding carboxylic acids is 1. The minimum atomic E-state index is -0.611. The smallest absolute Gasteiger partial charge is 0.170 e. The van der Waals surface area contributed by atoms with Gasteiger partial charge in [0.1, 0.15) is 29.2 Å². The van der Waals surface area contributed by atoms with Gasteiger partial charge in [0.2, 0.25) is 0 Å². The number of benzene rings is 2. The van der Waals surface area contributed by atoms with Crippen molar-refractivity contribution in [2.24, 2.45) is 0 Å². The Morgan fingerprint density at radius 2 is 2.10 bits per heavy atom. The number of hydrogen-bond acceptors (Lipinski definition) is 4. The maximum absolute atomic E-state index is 13.4. The number of fused-ring (bicyclic) bond motifs is 1. The van der Waals surface area contributed by atoms with Crippen LogP contribution in [0.5, 0.6) is 17.2 Å². The molecular formula is C16H13FO4. The van der Waals surface area contributed by atoms with E-state index in [1.807, 2.05) is 0 Å². The number of carbonyl (C=O) groups is 1. The summed E-state index contributed by atoms with van der Waals surface area (Å²) < 4.78 is 24.2. The van der Waals surface area contributed by atoms with Crippen molar-refractivity contribution in [2.75, 3.05) is 7.11 Å². The van der Waals surface area contributed by atoms with Gasteiger partial charge in [-0.3, -0.25) is 4.79 Å². The van der Waals surface area contributed by atoms with Gasteiger partial charge in [-0.1, -0.05) is 0 Å². The molecule has 2 aromatic rings. The number of phenolic OH excluding ortho intramolecular Hbond substituents is 1. The van der Waals surface area contributed by atoms with Crippen LogP contribution in [0.2, 0.25) is 0 Å². The molecule has 0 bridgehead atoms. The lowest BCUT2D eigenvalue weighted by molar-refractivity contribution is 0.0848. The highest BCUT2D eigenvalue weighted by atomic mass is 19.1. The standard InChI is InChI=1S/C16H13FO4/c1-20-12-2-3-15-13(7-12)14(19)8-16(21-15)9-4-10(17)6-11(18)5-9/h2-7,16,18H,8H2,1H3. The van der Waals surface area contributed by atoms with Crippen molar-refractivity contribution in [3.63, 3.8) is 0 Å². The molecule has 1 aliphatic rings. The summed E-state index contributed by atoms with van der Waals surface area (Å²) in [5.41, 5.74) is 0.883. The second kappa shape index (κ2) is 5.09. The molecule has 0 fully saturated rings. The zero-order valence-corrected chi connectivity index (χ0v) is 11.3. The zero-order valence-electron chi connectivity index (χ0n) is 11.3. The van der Waals surface area contributed by atoms with Gasteiger partial charge in [-0.25, -0.2) is 4.39 Å². The van der Waals surface area contributed by atoms with Gasteiger partial charge in [-0.15, -0.1) is 0 Å². The lowest BCUT2D eigenvalue weighted by Gasteiger charge is -2.26. The van der Waals surface area contributed by atoms with Crippen LogP contribution in [0.1, 0.15) is 28.4 Å². The summed E-state index contributed by atoms with van der Waals surface area (Å²) >= 11 is 0. The molecule has 1 unspecified atom stereocenters. The number of ether oxygens (including phenoxy) is 2. The Labute approximate surface area is 120 Å². The molecule has 1 heterocycles. The molecule has 0 radical (unpaired) electrons. The average molecular weight is 288 g/mol. The second-order valence-corrected chi connectivity index (χ2v) is 4.84. The first-order valence-corrected chi connectivity index (χ1v) is 6.44. The Morgan fingerprint density at radius 3 is 2.81 bits per heavy atom. The van der Waals surface area contributed by atoms with Gasteiger partial charge in [0.05, 0.1) is 19.1 Å². The van der Waals surface area contributed by atoms with Gasteiger partial charge in [0.15, 0.2) is 5.78 Å². The summed E-state index contributed by atoms with van der Waals surface area (Å²) in [6, 6.07) is 8.63. The van der Waals surface area contributed by atoms with E-state index < -0.39 is 11.9 Å². The number of phenols is 1. The van der Waals surface area contributed by atoms with Crippen LogP contribution in [0, 0.1) is 5.82 Å². The normalized spacial score (nSPS) is 17.0. The molecule has 0 aromatic heterocycles. The molecule has 0 spiro atoms. The summed E-state index contributed by atoms with van der Waals surface area (Å²) in [6.45, 7) is 0. The summed E-state index contributed by atoms with van der Waals surface area (Å²) in [5, 5.41) is 9.46. The van der Waals surface area contributed by atoms with Crippen LogP contribution in [0.4, 0.5) is 4.39 Å². The maximum atomic E-state index is 13.4. The molecule has 1 aliphatic heterocycles. The van der Waals surface area contributed by atoms with Gasteiger partial charge >= 0.3 is 0 Å². The summed E-state index contributed by atoms with van der Waals surface area (Å²) in [7, 11) is 1.52. The first-order valence-electron chi connectivity index (χ1n) is 6.44. The van der Waals surface area contributed by atoms with E-state index in [2.05, 4.69) is 0 Å². The third-order valence-electron chi connectivity index (χ3n) is 3.40. The molecule has 0 amide bonds. The van der Waals surface area contributed by atoms with E-state index in [1.165, 1.54) is 19.2 Å². The maximum Gasteiger partial charge on any atom is 0.170 e. The summed E-state index contributed by atoms with van der Waals surface area (Å²) in [4.78, 5) is 12.2. The van der Waals surface area contributed by atoms with Gasteiger partial charge in [-0.2, -0.15) is 0 Å². The lowest BCUT2D eigenvalue weighted by atomic mass is 9.96. The van der Waals surface area contributed by atoms with Crippen LogP contribution in [0.3, 0.4) is 0 Å². The molecule has 1 N–H and O–H groups in total. The second-order valence-electron chi connectivity index (χ2n) is 4.84. The number of Topliss-reactive ketones (excluding diaryl/α,β-unsaturated/α-hetero) is 1. The van der Waals surface area contributed by atoms with Gasteiger partial charge in [-0.05, 0) is 35.9 Å². The Bertz CT molecular complexity index is 691. The molecule has 0 saturated carbocycles. The third kappa shape index (κ3) is 2.54. The minimum absolute atomic E-state index is 0.0864. The SMILES string of the molecule is COc1ccc2c(c1)C(=O)CC(c1cc(O)cc(F)c1)O2. The van der Waals surface area contributed by atoms with Crippen molar-refractivity contribution in [1.82, 2.24) is 0 Å². The fourth-order valence-electron chi connectivity index (χ4n) is 2.40. The van der Waals surface area contributed by atoms with Crippen molar-refractivity contribution in [3.8, 4) is 17.2 Å². The van der Waals surface area contributed by atoms with Gasteiger partial charge < -0.3 is 14.6 Å². The van der Waals surface area contributed by atoms with Gasteiger partial charge in [0, 0.05) is 6.07 Å². The monoisotopic (exact) mass is 288 g/mol. The van der Waals surface area contributed by atoms with Crippen LogP contribution in [0.25, 0.3) is 0 Å². The van der Waals surface area contributed by atoms with E-state index >= 15 is 0 Å². The fourth-order valence-corrected chi connectivity index (χ4v) is 2.40. The lowest BCUT2D eigenvalue weighted by Crippen LogP contribution is -2.20. The van der Waals surface area contributed by atoms with Crippen molar-refractivity contribution in [1.29, 1.82) is 0 Å². The van der Waals surface area contributed by atoms with E-state index in [0.717, 1.165) is 6.07 Å². The number of ketones is 1. The predicted octanol–water partition coefficient (Wildman–Crippen LogP) is 3.25. The Kier molecular flexibility index (Phi) is 3.25. The fraction of sp³-hybridized carbons (Fsp3) is 0.188. The van der Waals surface area contributed by atoms with Crippen LogP contribution in [-0.4, -0.2) is 18.0 Å². The highest BCUT2D eigenvalue weighted by Crippen LogP contribution is 2.37. The molecule has 4 nitrogen and oxygen atoms in total. The predicted molar refractivity (Wildman–Crippen MR) is 73.4 cm³/mol. The van der Waals surface area contributed by atoms with E-state index in [-0.39, 0.29) is 18.0 Å². The summed E-state index contributed by atoms with van der Waals surface area (Å²) in [6.07, 6.45) is -0.525. The number of aromatic hydroxyl groups is 1. The first kappa shape index (κ1) is 13.4. The van der Waals surface area contributed by atoms with E-state index in [0.29, 0.717) is 22.6 Å². The Morgan fingerprint density at radius 1 is 1.29 bits per heavy atom. The highest BCUT2D eigenvalue weighted by molar-refractivity contribution is 6.00. The third-order valence-corrected chi connectivity index (χ3v) is 3.40. The summed E-state index contributed by atoms with van der Waals surface area (Å²) in [5.74, 6) is 0.139. The topological polar surface area (TPSA) is 55.8 Å². The number of halogens is 1. The van der Waals surface area contributed by atoms with E-state index in [1.54, 1.807) is 18.2 Å². The molecular weight excluding hydrogens is 275 g/mol. The van der Waals surface area contributed by atoms with Crippen LogP contribution in [-0.2, 0) is 0 Å². The van der Waals surface area contributed by atoms with Crippen molar-refractivity contribution in [3.05, 3.63) is 53.3 Å². The molecule has 1 atom stereocenters. The first-order chi connectivity index (χ1) is 10.1. The van der Waals surface area contributed by atoms with Crippen LogP contribution in [0.15, 0.2) is 36.4 Å². The number of methoxy groups -OCH3 is 1.